The highest BCUT2D eigenvalue weighted by Gasteiger charge is 2.18. The van der Waals surface area contributed by atoms with Crippen molar-refractivity contribution in [1.82, 2.24) is 4.31 Å². The molecule has 18 heavy (non-hydrogen) atoms. The van der Waals surface area contributed by atoms with Gasteiger partial charge in [0.2, 0.25) is 10.0 Å². The van der Waals surface area contributed by atoms with Crippen LogP contribution in [0.15, 0.2) is 29.2 Å². The molecule has 0 fully saturated rings. The van der Waals surface area contributed by atoms with Crippen LogP contribution in [-0.4, -0.2) is 39.4 Å². The highest BCUT2D eigenvalue weighted by atomic mass is 32.2. The van der Waals surface area contributed by atoms with Crippen LogP contribution in [0.1, 0.15) is 12.5 Å². The lowest BCUT2D eigenvalue weighted by atomic mass is 10.2. The van der Waals surface area contributed by atoms with E-state index in [1.54, 1.807) is 19.1 Å². The number of carbonyl (C=O) groups is 1. The fourth-order valence-corrected chi connectivity index (χ4v) is 2.55. The summed E-state index contributed by atoms with van der Waals surface area (Å²) in [6.45, 7) is 2.18. The highest BCUT2D eigenvalue weighted by Crippen LogP contribution is 2.15. The van der Waals surface area contributed by atoms with Crippen molar-refractivity contribution in [3.8, 4) is 0 Å². The summed E-state index contributed by atoms with van der Waals surface area (Å²) in [6.07, 6.45) is 0.139. The predicted molar refractivity (Wildman–Crippen MR) is 67.7 cm³/mol. The molecule has 0 radical (unpaired) electrons. The lowest BCUT2D eigenvalue weighted by Gasteiger charge is -2.14. The predicted octanol–water partition coefficient (Wildman–Crippen LogP) is 1.04. The SMILES string of the molecule is CCN(C)S(=O)(=O)c1ccc(CC(=O)OC)cc1. The number of methoxy groups -OCH3 is 1. The Bertz CT molecular complexity index is 507. The van der Waals surface area contributed by atoms with Crippen LogP contribution in [-0.2, 0) is 26.0 Å². The van der Waals surface area contributed by atoms with Crippen molar-refractivity contribution >= 4 is 16.0 Å². The van der Waals surface area contributed by atoms with Crippen LogP contribution < -0.4 is 0 Å². The molecule has 0 amide bonds. The minimum Gasteiger partial charge on any atom is -0.469 e. The minimum absolute atomic E-state index is 0.139. The Morgan fingerprint density at radius 2 is 1.83 bits per heavy atom. The second kappa shape index (κ2) is 5.97. The van der Waals surface area contributed by atoms with Gasteiger partial charge in [-0.05, 0) is 17.7 Å². The summed E-state index contributed by atoms with van der Waals surface area (Å²) in [5.41, 5.74) is 0.722. The summed E-state index contributed by atoms with van der Waals surface area (Å²) in [6, 6.07) is 6.24. The Hall–Kier alpha value is -1.40. The van der Waals surface area contributed by atoms with Gasteiger partial charge in [0.15, 0.2) is 0 Å². The lowest BCUT2D eigenvalue weighted by Crippen LogP contribution is -2.26. The Morgan fingerprint density at radius 1 is 1.28 bits per heavy atom. The maximum absolute atomic E-state index is 12.0. The highest BCUT2D eigenvalue weighted by molar-refractivity contribution is 7.89. The number of rotatable bonds is 5. The summed E-state index contributed by atoms with van der Waals surface area (Å²) in [4.78, 5) is 11.3. The molecule has 0 aromatic heterocycles. The van der Waals surface area contributed by atoms with Gasteiger partial charge in [-0.2, -0.15) is 0 Å². The van der Waals surface area contributed by atoms with Crippen molar-refractivity contribution in [3.05, 3.63) is 29.8 Å². The molecular weight excluding hydrogens is 254 g/mol. The van der Waals surface area contributed by atoms with Crippen molar-refractivity contribution in [2.45, 2.75) is 18.2 Å². The molecule has 0 spiro atoms. The molecule has 100 valence electrons. The molecule has 5 nitrogen and oxygen atoms in total. The fraction of sp³-hybridized carbons (Fsp3) is 0.417. The average Bonchev–Trinajstić information content (AvgIpc) is 2.38. The number of hydrogen-bond donors (Lipinski definition) is 0. The van der Waals surface area contributed by atoms with Gasteiger partial charge in [0.1, 0.15) is 0 Å². The molecular formula is C12H17NO4S. The van der Waals surface area contributed by atoms with Crippen molar-refractivity contribution in [2.75, 3.05) is 20.7 Å². The molecule has 0 aliphatic rings. The zero-order valence-corrected chi connectivity index (χ0v) is 11.5. The zero-order chi connectivity index (χ0) is 13.8. The van der Waals surface area contributed by atoms with Crippen LogP contribution in [0, 0.1) is 0 Å². The lowest BCUT2D eigenvalue weighted by molar-refractivity contribution is -0.139. The van der Waals surface area contributed by atoms with E-state index in [0.29, 0.717) is 6.54 Å². The van der Waals surface area contributed by atoms with Gasteiger partial charge < -0.3 is 4.74 Å². The monoisotopic (exact) mass is 271 g/mol. The number of esters is 1. The van der Waals surface area contributed by atoms with E-state index in [4.69, 9.17) is 0 Å². The molecule has 0 bridgehead atoms. The molecule has 0 atom stereocenters. The maximum atomic E-state index is 12.0. The Labute approximate surface area is 107 Å². The van der Waals surface area contributed by atoms with E-state index < -0.39 is 10.0 Å². The molecule has 0 heterocycles. The standard InChI is InChI=1S/C12H17NO4S/c1-4-13(2)18(15,16)11-7-5-10(6-8-11)9-12(14)17-3/h5-8H,4,9H2,1-3H3. The molecule has 0 aliphatic carbocycles. The summed E-state index contributed by atoms with van der Waals surface area (Å²) in [7, 11) is -0.580. The summed E-state index contributed by atoms with van der Waals surface area (Å²) in [5.74, 6) is -0.351. The number of sulfonamides is 1. The van der Waals surface area contributed by atoms with E-state index in [2.05, 4.69) is 4.74 Å². The number of benzene rings is 1. The second-order valence-electron chi connectivity index (χ2n) is 3.82. The Kier molecular flexibility index (Phi) is 4.86. The number of nitrogens with zero attached hydrogens (tertiary/aromatic N) is 1. The van der Waals surface area contributed by atoms with E-state index in [9.17, 15) is 13.2 Å². The maximum Gasteiger partial charge on any atom is 0.309 e. The van der Waals surface area contributed by atoms with E-state index in [-0.39, 0.29) is 17.3 Å². The third-order valence-electron chi connectivity index (χ3n) is 2.65. The van der Waals surface area contributed by atoms with E-state index in [0.717, 1.165) is 5.56 Å². The van der Waals surface area contributed by atoms with E-state index in [1.165, 1.54) is 30.6 Å². The van der Waals surface area contributed by atoms with E-state index >= 15 is 0 Å². The normalized spacial score (nSPS) is 11.6. The summed E-state index contributed by atoms with van der Waals surface area (Å²) in [5, 5.41) is 0. The first-order chi connectivity index (χ1) is 8.41. The number of hydrogen-bond acceptors (Lipinski definition) is 4. The van der Waals surface area contributed by atoms with Crippen LogP contribution >= 0.6 is 0 Å². The number of ether oxygens (including phenoxy) is 1. The van der Waals surface area contributed by atoms with Gasteiger partial charge in [0, 0.05) is 13.6 Å². The van der Waals surface area contributed by atoms with Gasteiger partial charge in [0.05, 0.1) is 18.4 Å². The van der Waals surface area contributed by atoms with Crippen LogP contribution in [0.25, 0.3) is 0 Å². The van der Waals surface area contributed by atoms with Crippen molar-refractivity contribution in [1.29, 1.82) is 0 Å². The van der Waals surface area contributed by atoms with E-state index in [1.807, 2.05) is 0 Å². The first-order valence-corrected chi connectivity index (χ1v) is 6.98. The van der Waals surface area contributed by atoms with Crippen LogP contribution in [0.5, 0.6) is 0 Å². The summed E-state index contributed by atoms with van der Waals surface area (Å²) < 4.78 is 29.8. The first kappa shape index (κ1) is 14.7. The third kappa shape index (κ3) is 3.30. The second-order valence-corrected chi connectivity index (χ2v) is 5.86. The molecule has 0 saturated heterocycles. The van der Waals surface area contributed by atoms with Gasteiger partial charge in [-0.15, -0.1) is 0 Å². The fourth-order valence-electron chi connectivity index (χ4n) is 1.37. The largest absolute Gasteiger partial charge is 0.469 e. The minimum atomic E-state index is -3.42. The third-order valence-corrected chi connectivity index (χ3v) is 4.60. The Balaban J connectivity index is 2.93. The molecule has 1 aromatic carbocycles. The zero-order valence-electron chi connectivity index (χ0n) is 10.7. The van der Waals surface area contributed by atoms with Crippen LogP contribution in [0.3, 0.4) is 0 Å². The van der Waals surface area contributed by atoms with Gasteiger partial charge in [-0.25, -0.2) is 12.7 Å². The average molecular weight is 271 g/mol. The van der Waals surface area contributed by atoms with Gasteiger partial charge in [-0.1, -0.05) is 19.1 Å². The summed E-state index contributed by atoms with van der Waals surface area (Å²) >= 11 is 0. The topological polar surface area (TPSA) is 63.7 Å². The van der Waals surface area contributed by atoms with Crippen molar-refractivity contribution < 1.29 is 17.9 Å². The molecule has 1 aromatic rings. The van der Waals surface area contributed by atoms with Gasteiger partial charge in [0.25, 0.3) is 0 Å². The molecule has 6 heteroatoms. The van der Waals surface area contributed by atoms with Gasteiger partial charge in [-0.3, -0.25) is 4.79 Å². The van der Waals surface area contributed by atoms with Gasteiger partial charge >= 0.3 is 5.97 Å². The molecule has 1 rings (SSSR count). The van der Waals surface area contributed by atoms with Crippen LogP contribution in [0.2, 0.25) is 0 Å². The molecule has 0 saturated carbocycles. The number of carbonyl (C=O) groups excluding carboxylic acids is 1. The Morgan fingerprint density at radius 3 is 2.28 bits per heavy atom. The molecule has 0 N–H and O–H groups in total. The van der Waals surface area contributed by atoms with Crippen molar-refractivity contribution in [2.24, 2.45) is 0 Å². The van der Waals surface area contributed by atoms with Crippen molar-refractivity contribution in [3.63, 3.8) is 0 Å². The smallest absolute Gasteiger partial charge is 0.309 e. The first-order valence-electron chi connectivity index (χ1n) is 5.54. The van der Waals surface area contributed by atoms with Crippen LogP contribution in [0.4, 0.5) is 0 Å². The molecule has 0 aliphatic heterocycles. The quantitative estimate of drug-likeness (QED) is 0.751. The molecule has 0 unspecified atom stereocenters.